The third-order valence-corrected chi connectivity index (χ3v) is 1.73. The molecule has 0 spiro atoms. The van der Waals surface area contributed by atoms with E-state index >= 15 is 0 Å². The van der Waals surface area contributed by atoms with Crippen molar-refractivity contribution in [3.8, 4) is 11.1 Å². The van der Waals surface area contributed by atoms with Crippen molar-refractivity contribution < 1.29 is 4.39 Å². The molecule has 0 saturated heterocycles. The van der Waals surface area contributed by atoms with Gasteiger partial charge >= 0.3 is 6.08 Å². The maximum atomic E-state index is 12.4. The molecule has 0 bridgehead atoms. The van der Waals surface area contributed by atoms with Crippen LogP contribution in [0.2, 0.25) is 0 Å². The molecule has 3 heteroatoms. The number of benzene rings is 1. The van der Waals surface area contributed by atoms with Gasteiger partial charge in [-0.1, -0.05) is 30.3 Å². The summed E-state index contributed by atoms with van der Waals surface area (Å²) in [6.45, 7) is 0. The van der Waals surface area contributed by atoms with Gasteiger partial charge in [-0.2, -0.15) is 4.39 Å². The fourth-order valence-corrected chi connectivity index (χ4v) is 1.09. The fraction of sp³-hybridized carbons (Fsp3) is 0. The highest BCUT2D eigenvalue weighted by atomic mass is 19.1. The van der Waals surface area contributed by atoms with E-state index in [-0.39, 0.29) is 0 Å². The topological polar surface area (TPSA) is 25.8 Å². The molecule has 0 fully saturated rings. The molecule has 0 atom stereocenters. The van der Waals surface area contributed by atoms with Crippen molar-refractivity contribution in [1.82, 2.24) is 9.97 Å². The van der Waals surface area contributed by atoms with Crippen molar-refractivity contribution in [2.45, 2.75) is 0 Å². The molecule has 0 radical (unpaired) electrons. The summed E-state index contributed by atoms with van der Waals surface area (Å²) in [6.07, 6.45) is 2.25. The highest BCUT2D eigenvalue weighted by molar-refractivity contribution is 5.60. The van der Waals surface area contributed by atoms with Crippen molar-refractivity contribution in [3.05, 3.63) is 48.8 Å². The van der Waals surface area contributed by atoms with Crippen LogP contribution in [-0.4, -0.2) is 9.97 Å². The maximum absolute atomic E-state index is 12.4. The van der Waals surface area contributed by atoms with Gasteiger partial charge in [0.2, 0.25) is 0 Å². The van der Waals surface area contributed by atoms with Crippen molar-refractivity contribution in [3.63, 3.8) is 0 Å². The normalized spacial score (nSPS) is 9.92. The predicted octanol–water partition coefficient (Wildman–Crippen LogP) is 2.28. The lowest BCUT2D eigenvalue weighted by Crippen LogP contribution is -1.88. The van der Waals surface area contributed by atoms with Crippen LogP contribution in [0.15, 0.2) is 42.7 Å². The summed E-state index contributed by atoms with van der Waals surface area (Å²) < 4.78 is 12.4. The van der Waals surface area contributed by atoms with E-state index < -0.39 is 6.08 Å². The summed E-state index contributed by atoms with van der Waals surface area (Å²) in [5, 5.41) is 0. The SMILES string of the molecule is Fc1ncc(-c2ccccc2)cn1. The Morgan fingerprint density at radius 1 is 0.846 bits per heavy atom. The largest absolute Gasteiger partial charge is 0.308 e. The third kappa shape index (κ3) is 1.69. The van der Waals surface area contributed by atoms with Gasteiger partial charge < -0.3 is 0 Å². The number of halogens is 1. The van der Waals surface area contributed by atoms with Crippen LogP contribution in [0.4, 0.5) is 4.39 Å². The van der Waals surface area contributed by atoms with Crippen LogP contribution in [0.1, 0.15) is 0 Å². The molecule has 0 aliphatic rings. The molecule has 2 rings (SSSR count). The minimum absolute atomic E-state index is 0.695. The van der Waals surface area contributed by atoms with E-state index in [4.69, 9.17) is 0 Å². The monoisotopic (exact) mass is 174 g/mol. The van der Waals surface area contributed by atoms with Crippen LogP contribution in [0.5, 0.6) is 0 Å². The number of nitrogens with zero attached hydrogens (tertiary/aromatic N) is 2. The minimum Gasteiger partial charge on any atom is -0.210 e. The van der Waals surface area contributed by atoms with Crippen molar-refractivity contribution in [1.29, 1.82) is 0 Å². The second-order valence-electron chi connectivity index (χ2n) is 2.61. The fourth-order valence-electron chi connectivity index (χ4n) is 1.09. The zero-order chi connectivity index (χ0) is 9.10. The summed E-state index contributed by atoms with van der Waals surface area (Å²) in [4.78, 5) is 6.96. The molecule has 0 N–H and O–H groups in total. The predicted molar refractivity (Wildman–Crippen MR) is 47.4 cm³/mol. The van der Waals surface area contributed by atoms with E-state index in [2.05, 4.69) is 9.97 Å². The van der Waals surface area contributed by atoms with E-state index in [9.17, 15) is 4.39 Å². The summed E-state index contributed by atoms with van der Waals surface area (Å²) in [7, 11) is 0. The van der Waals surface area contributed by atoms with E-state index in [1.807, 2.05) is 30.3 Å². The summed E-state index contributed by atoms with van der Waals surface area (Å²) in [5.41, 5.74) is 1.81. The van der Waals surface area contributed by atoms with Gasteiger partial charge in [0, 0.05) is 18.0 Å². The number of rotatable bonds is 1. The summed E-state index contributed by atoms with van der Waals surface area (Å²) >= 11 is 0. The first-order valence-electron chi connectivity index (χ1n) is 3.89. The van der Waals surface area contributed by atoms with Crippen LogP contribution >= 0.6 is 0 Å². The van der Waals surface area contributed by atoms with E-state index in [1.165, 1.54) is 12.4 Å². The second kappa shape index (κ2) is 3.31. The Balaban J connectivity index is 2.42. The molecule has 13 heavy (non-hydrogen) atoms. The van der Waals surface area contributed by atoms with Crippen LogP contribution in [0.3, 0.4) is 0 Å². The zero-order valence-corrected chi connectivity index (χ0v) is 6.81. The Labute approximate surface area is 75.1 Å². The summed E-state index contributed by atoms with van der Waals surface area (Å²) in [6, 6.07) is 9.61. The van der Waals surface area contributed by atoms with E-state index in [0.29, 0.717) is 0 Å². The van der Waals surface area contributed by atoms with Crippen LogP contribution in [0, 0.1) is 6.08 Å². The first-order valence-corrected chi connectivity index (χ1v) is 3.89. The van der Waals surface area contributed by atoms with Gasteiger partial charge in [0.05, 0.1) is 0 Å². The van der Waals surface area contributed by atoms with Gasteiger partial charge in [0.1, 0.15) is 0 Å². The molecule has 0 aliphatic heterocycles. The highest BCUT2D eigenvalue weighted by Gasteiger charge is 1.97. The highest BCUT2D eigenvalue weighted by Crippen LogP contribution is 2.15. The molecule has 0 unspecified atom stereocenters. The van der Waals surface area contributed by atoms with Gasteiger partial charge in [0.15, 0.2) is 0 Å². The van der Waals surface area contributed by atoms with Crippen molar-refractivity contribution >= 4 is 0 Å². The Bertz CT molecular complexity index is 383. The third-order valence-electron chi connectivity index (χ3n) is 1.73. The van der Waals surface area contributed by atoms with Gasteiger partial charge in [0.25, 0.3) is 0 Å². The molecule has 1 aromatic carbocycles. The van der Waals surface area contributed by atoms with E-state index in [0.717, 1.165) is 11.1 Å². The van der Waals surface area contributed by atoms with E-state index in [1.54, 1.807) is 0 Å². The molecular formula is C10H7FN2. The first-order chi connectivity index (χ1) is 6.36. The van der Waals surface area contributed by atoms with Crippen LogP contribution in [-0.2, 0) is 0 Å². The molecule has 1 heterocycles. The lowest BCUT2D eigenvalue weighted by Gasteiger charge is -1.98. The molecule has 0 saturated carbocycles. The van der Waals surface area contributed by atoms with Crippen molar-refractivity contribution in [2.75, 3.05) is 0 Å². The molecular weight excluding hydrogens is 167 g/mol. The average Bonchev–Trinajstić information content (AvgIpc) is 2.20. The molecule has 0 amide bonds. The van der Waals surface area contributed by atoms with Crippen LogP contribution in [0.25, 0.3) is 11.1 Å². The Morgan fingerprint density at radius 2 is 1.46 bits per heavy atom. The average molecular weight is 174 g/mol. The van der Waals surface area contributed by atoms with Crippen LogP contribution < -0.4 is 0 Å². The number of hydrogen-bond donors (Lipinski definition) is 0. The summed E-state index contributed by atoms with van der Waals surface area (Å²) in [5.74, 6) is 0. The lowest BCUT2D eigenvalue weighted by atomic mass is 10.1. The lowest BCUT2D eigenvalue weighted by molar-refractivity contribution is 0.539. The molecule has 0 aliphatic carbocycles. The standard InChI is InChI=1S/C10H7FN2/c11-10-12-6-9(7-13-10)8-4-2-1-3-5-8/h1-7H. The van der Waals surface area contributed by atoms with Gasteiger partial charge in [-0.25, -0.2) is 9.97 Å². The first kappa shape index (κ1) is 7.86. The minimum atomic E-state index is -0.695. The number of aromatic nitrogens is 2. The Kier molecular flexibility index (Phi) is 2.00. The van der Waals surface area contributed by atoms with Crippen molar-refractivity contribution in [2.24, 2.45) is 0 Å². The zero-order valence-electron chi connectivity index (χ0n) is 6.81. The molecule has 2 aromatic rings. The molecule has 2 nitrogen and oxygen atoms in total. The van der Waals surface area contributed by atoms with Gasteiger partial charge in [-0.3, -0.25) is 0 Å². The smallest absolute Gasteiger partial charge is 0.210 e. The quantitative estimate of drug-likeness (QED) is 0.620. The van der Waals surface area contributed by atoms with Gasteiger partial charge in [-0.05, 0) is 5.56 Å². The van der Waals surface area contributed by atoms with Gasteiger partial charge in [-0.15, -0.1) is 0 Å². The second-order valence-corrected chi connectivity index (χ2v) is 2.61. The number of hydrogen-bond acceptors (Lipinski definition) is 2. The Hall–Kier alpha value is -1.77. The Morgan fingerprint density at radius 3 is 2.08 bits per heavy atom. The molecule has 1 aromatic heterocycles. The molecule has 64 valence electrons. The maximum Gasteiger partial charge on any atom is 0.308 e.